The lowest BCUT2D eigenvalue weighted by molar-refractivity contribution is 0.231. The normalized spacial score (nSPS) is 11.7. The first-order valence-electron chi connectivity index (χ1n) is 6.85. The maximum Gasteiger partial charge on any atom is 0.167 e. The van der Waals surface area contributed by atoms with Crippen LogP contribution in [0, 0.1) is 5.82 Å². The zero-order valence-corrected chi connectivity index (χ0v) is 12.5. The molecule has 0 heterocycles. The number of nitrogens with two attached hydrogens (primary N) is 1. The Bertz CT molecular complexity index is 428. The van der Waals surface area contributed by atoms with Crippen molar-refractivity contribution in [3.8, 4) is 5.75 Å². The largest absolute Gasteiger partial charge is 0.488 e. The monoisotopic (exact) mass is 268 g/mol. The molecule has 0 spiro atoms. The second-order valence-electron chi connectivity index (χ2n) is 5.43. The number of nitrogen functional groups attached to an aromatic ring is 1. The van der Waals surface area contributed by atoms with E-state index in [1.165, 1.54) is 6.07 Å². The lowest BCUT2D eigenvalue weighted by atomic mass is 9.95. The van der Waals surface area contributed by atoms with Crippen LogP contribution in [0.4, 0.5) is 15.8 Å². The van der Waals surface area contributed by atoms with Crippen LogP contribution in [0.15, 0.2) is 12.1 Å². The van der Waals surface area contributed by atoms with Gasteiger partial charge in [0.25, 0.3) is 0 Å². The molecule has 3 nitrogen and oxygen atoms in total. The Hall–Kier alpha value is -1.45. The smallest absolute Gasteiger partial charge is 0.167 e. The third-order valence-electron chi connectivity index (χ3n) is 3.46. The van der Waals surface area contributed by atoms with Crippen LogP contribution in [-0.4, -0.2) is 11.6 Å². The van der Waals surface area contributed by atoms with Gasteiger partial charge >= 0.3 is 0 Å². The van der Waals surface area contributed by atoms with E-state index in [1.807, 2.05) is 13.8 Å². The Morgan fingerprint density at radius 3 is 2.37 bits per heavy atom. The molecule has 0 aromatic heterocycles. The second kappa shape index (κ2) is 6.13. The van der Waals surface area contributed by atoms with Crippen molar-refractivity contribution < 1.29 is 9.13 Å². The minimum absolute atomic E-state index is 0.0545. The van der Waals surface area contributed by atoms with Gasteiger partial charge in [-0.15, -0.1) is 0 Å². The minimum atomic E-state index is -0.425. The van der Waals surface area contributed by atoms with Gasteiger partial charge in [-0.25, -0.2) is 4.39 Å². The summed E-state index contributed by atoms with van der Waals surface area (Å²) in [5, 5.41) is 3.39. The van der Waals surface area contributed by atoms with E-state index in [9.17, 15) is 4.39 Å². The van der Waals surface area contributed by atoms with Gasteiger partial charge < -0.3 is 15.8 Å². The summed E-state index contributed by atoms with van der Waals surface area (Å²) in [5.41, 5.74) is 6.95. The van der Waals surface area contributed by atoms with Crippen molar-refractivity contribution in [1.29, 1.82) is 0 Å². The molecule has 0 aliphatic heterocycles. The van der Waals surface area contributed by atoms with Crippen molar-refractivity contribution in [3.05, 3.63) is 17.9 Å². The fraction of sp³-hybridized carbons (Fsp3) is 0.600. The van der Waals surface area contributed by atoms with Gasteiger partial charge in [-0.2, -0.15) is 0 Å². The van der Waals surface area contributed by atoms with Gasteiger partial charge in [0.05, 0.1) is 17.5 Å². The van der Waals surface area contributed by atoms with Gasteiger partial charge in [0.15, 0.2) is 11.6 Å². The van der Waals surface area contributed by atoms with Gasteiger partial charge in [0.1, 0.15) is 0 Å². The topological polar surface area (TPSA) is 47.3 Å². The maximum atomic E-state index is 13.8. The molecule has 0 atom stereocenters. The number of hydrogen-bond donors (Lipinski definition) is 2. The fourth-order valence-corrected chi connectivity index (χ4v) is 1.77. The summed E-state index contributed by atoms with van der Waals surface area (Å²) in [6, 6.07) is 2.96. The van der Waals surface area contributed by atoms with Crippen molar-refractivity contribution >= 4 is 11.4 Å². The summed E-state index contributed by atoms with van der Waals surface area (Å²) in [4.78, 5) is 0. The molecule has 4 heteroatoms. The van der Waals surface area contributed by atoms with E-state index in [0.29, 0.717) is 5.69 Å². The summed E-state index contributed by atoms with van der Waals surface area (Å²) in [6.45, 7) is 10.1. The van der Waals surface area contributed by atoms with E-state index in [4.69, 9.17) is 10.5 Å². The highest BCUT2D eigenvalue weighted by Gasteiger charge is 2.21. The third-order valence-corrected chi connectivity index (χ3v) is 3.46. The highest BCUT2D eigenvalue weighted by Crippen LogP contribution is 2.32. The summed E-state index contributed by atoms with van der Waals surface area (Å²) < 4.78 is 19.2. The molecule has 3 N–H and O–H groups in total. The van der Waals surface area contributed by atoms with Crippen LogP contribution < -0.4 is 15.8 Å². The average molecular weight is 268 g/mol. The quantitative estimate of drug-likeness (QED) is 0.761. The molecule has 1 aromatic rings. The summed E-state index contributed by atoms with van der Waals surface area (Å²) in [6.07, 6.45) is 1.84. The molecular weight excluding hydrogens is 243 g/mol. The molecule has 19 heavy (non-hydrogen) atoms. The first kappa shape index (κ1) is 15.6. The van der Waals surface area contributed by atoms with Crippen molar-refractivity contribution in [2.75, 3.05) is 11.1 Å². The van der Waals surface area contributed by atoms with Crippen LogP contribution in [0.25, 0.3) is 0 Å². The first-order valence-corrected chi connectivity index (χ1v) is 6.85. The lowest BCUT2D eigenvalue weighted by Crippen LogP contribution is -2.33. The molecule has 0 bridgehead atoms. The van der Waals surface area contributed by atoms with Gasteiger partial charge in [-0.05, 0) is 33.6 Å². The van der Waals surface area contributed by atoms with Crippen LogP contribution in [0.2, 0.25) is 0 Å². The van der Waals surface area contributed by atoms with Crippen LogP contribution in [-0.2, 0) is 0 Å². The SMILES string of the molecule is CCC(C)(CC)Nc1cc(OC(C)C)c(F)cc1N. The van der Waals surface area contributed by atoms with E-state index >= 15 is 0 Å². The van der Waals surface area contributed by atoms with Crippen molar-refractivity contribution in [1.82, 2.24) is 0 Å². The molecule has 0 saturated heterocycles. The van der Waals surface area contributed by atoms with Crippen LogP contribution in [0.1, 0.15) is 47.5 Å². The molecule has 0 radical (unpaired) electrons. The Kier molecular flexibility index (Phi) is 5.04. The van der Waals surface area contributed by atoms with Gasteiger partial charge in [0.2, 0.25) is 0 Å². The highest BCUT2D eigenvalue weighted by molar-refractivity contribution is 5.69. The standard InChI is InChI=1S/C15H25FN2O/c1-6-15(5,7-2)18-13-9-14(19-10(3)4)11(16)8-12(13)17/h8-10,18H,6-7,17H2,1-5H3. The zero-order chi connectivity index (χ0) is 14.6. The van der Waals surface area contributed by atoms with Crippen molar-refractivity contribution in [3.63, 3.8) is 0 Å². The van der Waals surface area contributed by atoms with E-state index in [2.05, 4.69) is 26.1 Å². The molecular formula is C15H25FN2O. The Balaban J connectivity index is 3.07. The minimum Gasteiger partial charge on any atom is -0.488 e. The Labute approximate surface area is 115 Å². The van der Waals surface area contributed by atoms with Gasteiger partial charge in [0, 0.05) is 17.7 Å². The lowest BCUT2D eigenvalue weighted by Gasteiger charge is -2.30. The van der Waals surface area contributed by atoms with E-state index in [1.54, 1.807) is 6.07 Å². The van der Waals surface area contributed by atoms with Gasteiger partial charge in [-0.1, -0.05) is 13.8 Å². The number of nitrogens with one attached hydrogen (secondary N) is 1. The molecule has 0 aliphatic carbocycles. The van der Waals surface area contributed by atoms with Crippen LogP contribution >= 0.6 is 0 Å². The van der Waals surface area contributed by atoms with E-state index in [-0.39, 0.29) is 17.4 Å². The predicted octanol–water partition coefficient (Wildman–Crippen LogP) is 4.19. The molecule has 0 amide bonds. The second-order valence-corrected chi connectivity index (χ2v) is 5.43. The van der Waals surface area contributed by atoms with Crippen molar-refractivity contribution in [2.45, 2.75) is 59.1 Å². The number of benzene rings is 1. The summed E-state index contributed by atoms with van der Waals surface area (Å²) >= 11 is 0. The molecule has 0 aliphatic rings. The fourth-order valence-electron chi connectivity index (χ4n) is 1.77. The highest BCUT2D eigenvalue weighted by atomic mass is 19.1. The number of ether oxygens (including phenoxy) is 1. The molecule has 1 rings (SSSR count). The zero-order valence-electron chi connectivity index (χ0n) is 12.5. The number of hydrogen-bond acceptors (Lipinski definition) is 3. The summed E-state index contributed by atoms with van der Waals surface area (Å²) in [5.74, 6) is -0.187. The number of halogens is 1. The summed E-state index contributed by atoms with van der Waals surface area (Å²) in [7, 11) is 0. The molecule has 0 unspecified atom stereocenters. The molecule has 0 saturated carbocycles. The van der Waals surface area contributed by atoms with Crippen LogP contribution in [0.3, 0.4) is 0 Å². The first-order chi connectivity index (χ1) is 8.81. The van der Waals surface area contributed by atoms with Crippen LogP contribution in [0.5, 0.6) is 5.75 Å². The van der Waals surface area contributed by atoms with E-state index in [0.717, 1.165) is 18.5 Å². The molecule has 1 aromatic carbocycles. The van der Waals surface area contributed by atoms with E-state index < -0.39 is 5.82 Å². The Morgan fingerprint density at radius 2 is 1.89 bits per heavy atom. The third kappa shape index (κ3) is 4.01. The Morgan fingerprint density at radius 1 is 1.32 bits per heavy atom. The average Bonchev–Trinajstić information content (AvgIpc) is 2.34. The van der Waals surface area contributed by atoms with Crippen molar-refractivity contribution in [2.24, 2.45) is 0 Å². The predicted molar refractivity (Wildman–Crippen MR) is 79.2 cm³/mol. The maximum absolute atomic E-state index is 13.8. The number of anilines is 2. The number of rotatable bonds is 6. The van der Waals surface area contributed by atoms with Gasteiger partial charge in [-0.3, -0.25) is 0 Å². The molecule has 0 fully saturated rings. The molecule has 108 valence electrons.